The molecular weight excluding hydrogens is 530 g/mol. The summed E-state index contributed by atoms with van der Waals surface area (Å²) in [6.45, 7) is 0. The van der Waals surface area contributed by atoms with Crippen LogP contribution in [0.4, 0.5) is 13.2 Å². The van der Waals surface area contributed by atoms with Crippen LogP contribution >= 0.6 is 31.6 Å². The van der Waals surface area contributed by atoms with Gasteiger partial charge in [-0.3, -0.25) is 0 Å². The molecule has 0 radical (unpaired) electrons. The predicted molar refractivity (Wildman–Crippen MR) is 101 cm³/mol. The molecule has 1 aromatic heterocycles. The zero-order chi connectivity index (χ0) is 21.2. The summed E-state index contributed by atoms with van der Waals surface area (Å²) in [5.41, 5.74) is -0.0228. The number of carbonyl (C=O) groups is 4. The van der Waals surface area contributed by atoms with E-state index in [9.17, 15) is 32.3 Å². The van der Waals surface area contributed by atoms with E-state index in [2.05, 4.69) is 0 Å². The number of hydrogen-bond donors (Lipinski definition) is 0. The van der Waals surface area contributed by atoms with Gasteiger partial charge < -0.3 is 0 Å². The molecule has 2 aromatic rings. The molecule has 0 unspecified atom stereocenters. The zero-order valence-electron chi connectivity index (χ0n) is 14.3. The molecule has 2 amide bonds. The van der Waals surface area contributed by atoms with Gasteiger partial charge in [0.25, 0.3) is 0 Å². The summed E-state index contributed by atoms with van der Waals surface area (Å²) in [7, 11) is 0. The molecule has 1 aromatic carbocycles. The Morgan fingerprint density at radius 2 is 1.66 bits per heavy atom. The number of imide groups is 1. The molecule has 0 spiro atoms. The third-order valence-electron chi connectivity index (χ3n) is 3.49. The van der Waals surface area contributed by atoms with Crippen LogP contribution in [0, 0.1) is 6.45 Å². The monoisotopic (exact) mass is 541 g/mol. The first-order valence-corrected chi connectivity index (χ1v) is 11.8. The van der Waals surface area contributed by atoms with E-state index in [0.717, 1.165) is 11.3 Å². The third kappa shape index (κ3) is 4.93. The molecule has 1 fully saturated rings. The fraction of sp³-hybridized carbons (Fsp3) is 0.176. The maximum absolute atomic E-state index is 12.6. The predicted octanol–water partition coefficient (Wildman–Crippen LogP) is 3.54. The standard InChI is InChI=1S/C17H11F3INO6S/c18-17(19,20)16(26)27-21(12-2-1-9-29-12)11-5-3-10(4-6-11)15(25)28-22-13(23)7-8-14(22)24/h1-6,9H,7-8H2. The van der Waals surface area contributed by atoms with Gasteiger partial charge in [0.15, 0.2) is 0 Å². The van der Waals surface area contributed by atoms with Crippen molar-refractivity contribution in [1.82, 2.24) is 5.06 Å². The van der Waals surface area contributed by atoms with Gasteiger partial charge in [0.1, 0.15) is 0 Å². The number of nitrogens with zero attached hydrogens (tertiary/aromatic N) is 1. The summed E-state index contributed by atoms with van der Waals surface area (Å²) in [5, 5.41) is 2.04. The third-order valence-corrected chi connectivity index (χ3v) is 9.87. The Hall–Kier alpha value is -2.48. The molecule has 1 saturated heterocycles. The number of carbonyl (C=O) groups excluding carboxylic acids is 4. The van der Waals surface area contributed by atoms with E-state index in [0.29, 0.717) is 11.5 Å². The molecule has 1 aliphatic heterocycles. The molecule has 3 rings (SSSR count). The molecular formula is C17H11F3INO6S. The van der Waals surface area contributed by atoms with Crippen LogP contribution in [0.5, 0.6) is 0 Å². The average Bonchev–Trinajstić information content (AvgIpc) is 3.31. The molecule has 0 bridgehead atoms. The Labute approximate surface area is 173 Å². The van der Waals surface area contributed by atoms with Gasteiger partial charge in [-0.05, 0) is 0 Å². The van der Waals surface area contributed by atoms with Crippen LogP contribution in [0.1, 0.15) is 23.2 Å². The van der Waals surface area contributed by atoms with Crippen LogP contribution in [0.25, 0.3) is 0 Å². The number of alkyl halides is 3. The van der Waals surface area contributed by atoms with Crippen molar-refractivity contribution in [1.29, 1.82) is 0 Å². The summed E-state index contributed by atoms with van der Waals surface area (Å²) >= 11 is -2.03. The number of amides is 2. The van der Waals surface area contributed by atoms with E-state index in [1.807, 2.05) is 0 Å². The molecule has 0 saturated carbocycles. The number of hydroxylamine groups is 2. The van der Waals surface area contributed by atoms with Gasteiger partial charge in [-0.2, -0.15) is 0 Å². The summed E-state index contributed by atoms with van der Waals surface area (Å²) < 4.78 is 43.5. The van der Waals surface area contributed by atoms with Crippen LogP contribution in [-0.4, -0.2) is 35.0 Å². The minimum atomic E-state index is -5.12. The van der Waals surface area contributed by atoms with Crippen molar-refractivity contribution in [2.24, 2.45) is 0 Å². The Morgan fingerprint density at radius 3 is 2.17 bits per heavy atom. The number of halogens is 4. The van der Waals surface area contributed by atoms with E-state index >= 15 is 0 Å². The van der Waals surface area contributed by atoms with Crippen molar-refractivity contribution in [2.45, 2.75) is 19.0 Å². The van der Waals surface area contributed by atoms with Crippen molar-refractivity contribution in [3.8, 4) is 0 Å². The van der Waals surface area contributed by atoms with Crippen molar-refractivity contribution < 1.29 is 40.3 Å². The Balaban J connectivity index is 1.78. The topological polar surface area (TPSA) is 90.0 Å². The number of benzene rings is 1. The van der Waals surface area contributed by atoms with E-state index in [1.54, 1.807) is 17.5 Å². The van der Waals surface area contributed by atoms with Gasteiger partial charge in [-0.1, -0.05) is 0 Å². The molecule has 29 heavy (non-hydrogen) atoms. The van der Waals surface area contributed by atoms with Gasteiger partial charge in [0.05, 0.1) is 0 Å². The quantitative estimate of drug-likeness (QED) is 0.425. The van der Waals surface area contributed by atoms with E-state index in [-0.39, 0.29) is 18.4 Å². The average molecular weight is 541 g/mol. The first-order chi connectivity index (χ1) is 13.7. The Morgan fingerprint density at radius 1 is 1.03 bits per heavy atom. The fourth-order valence-electron chi connectivity index (χ4n) is 2.15. The molecule has 154 valence electrons. The second-order valence-corrected chi connectivity index (χ2v) is 11.4. The summed E-state index contributed by atoms with van der Waals surface area (Å²) in [6, 6.07) is 8.45. The first-order valence-electron chi connectivity index (χ1n) is 7.88. The molecule has 2 heterocycles. The van der Waals surface area contributed by atoms with Gasteiger partial charge in [0, 0.05) is 0 Å². The van der Waals surface area contributed by atoms with Crippen molar-refractivity contribution in [2.75, 3.05) is 0 Å². The Kier molecular flexibility index (Phi) is 6.21. The van der Waals surface area contributed by atoms with Crippen molar-refractivity contribution in [3.63, 3.8) is 0 Å². The van der Waals surface area contributed by atoms with Gasteiger partial charge >= 0.3 is 173 Å². The molecule has 1 aliphatic rings. The number of rotatable bonds is 5. The van der Waals surface area contributed by atoms with Gasteiger partial charge in [-0.25, -0.2) is 0 Å². The second-order valence-electron chi connectivity index (χ2n) is 5.50. The van der Waals surface area contributed by atoms with Gasteiger partial charge in [0.2, 0.25) is 0 Å². The fourth-order valence-corrected chi connectivity index (χ4v) is 7.90. The first kappa shape index (κ1) is 21.2. The normalized spacial score (nSPS) is 14.7. The number of hydrogen-bond acceptors (Lipinski definition) is 7. The molecule has 0 aliphatic carbocycles. The number of thiophene rings is 1. The molecule has 0 atom stereocenters. The SMILES string of the molecule is O=C(ON1C(=O)CCC1=O)c1ccc(I(OC(=O)C(F)(F)F)c2cccs2)cc1. The van der Waals surface area contributed by atoms with Crippen molar-refractivity contribution in [3.05, 3.63) is 53.8 Å². The second kappa shape index (κ2) is 8.49. The van der Waals surface area contributed by atoms with E-state index in [4.69, 9.17) is 7.90 Å². The minimum absolute atomic E-state index is 0.0228. The van der Waals surface area contributed by atoms with E-state index < -0.39 is 50.2 Å². The Bertz CT molecular complexity index is 929. The zero-order valence-corrected chi connectivity index (χ0v) is 17.2. The van der Waals surface area contributed by atoms with Gasteiger partial charge in [-0.15, -0.1) is 0 Å². The van der Waals surface area contributed by atoms with Crippen LogP contribution in [-0.2, 0) is 22.3 Å². The summed E-state index contributed by atoms with van der Waals surface area (Å²) in [6.07, 6.45) is -5.22. The van der Waals surface area contributed by atoms with Crippen LogP contribution in [0.2, 0.25) is 0 Å². The van der Waals surface area contributed by atoms with Crippen LogP contribution in [0.15, 0.2) is 41.8 Å². The van der Waals surface area contributed by atoms with E-state index in [1.165, 1.54) is 24.3 Å². The van der Waals surface area contributed by atoms with Crippen LogP contribution in [0.3, 0.4) is 0 Å². The van der Waals surface area contributed by atoms with Crippen molar-refractivity contribution >= 4 is 55.3 Å². The summed E-state index contributed by atoms with van der Waals surface area (Å²) in [4.78, 5) is 51.2. The molecule has 7 nitrogen and oxygen atoms in total. The maximum atomic E-state index is 12.6. The summed E-state index contributed by atoms with van der Waals surface area (Å²) in [5.74, 6) is -4.51. The van der Waals surface area contributed by atoms with Crippen LogP contribution < -0.4 is 0 Å². The molecule has 12 heteroatoms. The molecule has 0 N–H and O–H groups in total.